The van der Waals surface area contributed by atoms with Gasteiger partial charge in [-0.15, -0.1) is 0 Å². The monoisotopic (exact) mass is 472 g/mol. The van der Waals surface area contributed by atoms with Crippen molar-refractivity contribution in [1.29, 1.82) is 0 Å². The SMILES string of the molecule is COC(=O)C12c3ccccc3C(c3ccccc31)C1(C(=O)OC)c3ccccc3C2c2ccccc21. The normalized spacial score (nSPS) is 25.9. The minimum atomic E-state index is -1.12. The summed E-state index contributed by atoms with van der Waals surface area (Å²) >= 11 is 0. The van der Waals surface area contributed by atoms with Crippen LogP contribution in [0.25, 0.3) is 0 Å². The van der Waals surface area contributed by atoms with E-state index >= 15 is 0 Å². The molecule has 176 valence electrons. The van der Waals surface area contributed by atoms with Gasteiger partial charge in [0.25, 0.3) is 0 Å². The molecule has 36 heavy (non-hydrogen) atoms. The molecular weight excluding hydrogens is 448 g/mol. The first-order valence-electron chi connectivity index (χ1n) is 12.2. The van der Waals surface area contributed by atoms with Gasteiger partial charge in [0.15, 0.2) is 0 Å². The molecule has 0 saturated carbocycles. The molecule has 4 nitrogen and oxygen atoms in total. The fourth-order valence-corrected chi connectivity index (χ4v) is 7.61. The number of methoxy groups -OCH3 is 2. The molecule has 0 atom stereocenters. The van der Waals surface area contributed by atoms with Crippen LogP contribution in [0.3, 0.4) is 0 Å². The highest BCUT2D eigenvalue weighted by Gasteiger charge is 2.68. The summed E-state index contributed by atoms with van der Waals surface area (Å²) in [6, 6.07) is 32.2. The third-order valence-corrected chi connectivity index (χ3v) is 8.67. The average Bonchev–Trinajstić information content (AvgIpc) is 2.93. The van der Waals surface area contributed by atoms with Gasteiger partial charge in [0, 0.05) is 11.8 Å². The molecule has 0 fully saturated rings. The molecule has 0 heterocycles. The Balaban J connectivity index is 1.82. The Kier molecular flexibility index (Phi) is 4.21. The lowest BCUT2D eigenvalue weighted by molar-refractivity contribution is -0.147. The number of hydrogen-bond acceptors (Lipinski definition) is 4. The molecule has 0 aromatic heterocycles. The van der Waals surface area contributed by atoms with Crippen molar-refractivity contribution < 1.29 is 19.1 Å². The van der Waals surface area contributed by atoms with E-state index in [2.05, 4.69) is 24.3 Å². The molecule has 0 amide bonds. The van der Waals surface area contributed by atoms with E-state index in [0.29, 0.717) is 0 Å². The highest BCUT2D eigenvalue weighted by molar-refractivity contribution is 6.00. The molecule has 0 radical (unpaired) electrons. The fraction of sp³-hybridized carbons (Fsp3) is 0.188. The van der Waals surface area contributed by atoms with Gasteiger partial charge in [0.2, 0.25) is 0 Å². The number of hydrogen-bond donors (Lipinski definition) is 0. The molecule has 0 aliphatic heterocycles. The minimum Gasteiger partial charge on any atom is -0.468 e. The molecule has 4 heteroatoms. The van der Waals surface area contributed by atoms with E-state index in [-0.39, 0.29) is 11.9 Å². The Labute approximate surface area is 209 Å². The van der Waals surface area contributed by atoms with Crippen LogP contribution in [0.2, 0.25) is 0 Å². The van der Waals surface area contributed by atoms with Crippen LogP contribution < -0.4 is 0 Å². The maximum Gasteiger partial charge on any atom is 0.321 e. The van der Waals surface area contributed by atoms with Crippen LogP contribution in [-0.2, 0) is 29.9 Å². The summed E-state index contributed by atoms with van der Waals surface area (Å²) in [6.45, 7) is 0. The molecule has 6 aliphatic carbocycles. The number of carbonyl (C=O) groups excluding carboxylic acids is 2. The number of esters is 2. The Morgan fingerprint density at radius 2 is 0.750 bits per heavy atom. The summed E-state index contributed by atoms with van der Waals surface area (Å²) in [7, 11) is 2.93. The van der Waals surface area contributed by atoms with Crippen molar-refractivity contribution in [3.8, 4) is 0 Å². The van der Waals surface area contributed by atoms with Gasteiger partial charge in [0.05, 0.1) is 14.2 Å². The maximum absolute atomic E-state index is 14.3. The summed E-state index contributed by atoms with van der Waals surface area (Å²) in [4.78, 5) is 28.6. The van der Waals surface area contributed by atoms with Gasteiger partial charge < -0.3 is 9.47 Å². The smallest absolute Gasteiger partial charge is 0.321 e. The molecule has 6 aliphatic rings. The Bertz CT molecular complexity index is 1370. The van der Waals surface area contributed by atoms with Gasteiger partial charge >= 0.3 is 11.9 Å². The Morgan fingerprint density at radius 1 is 0.500 bits per heavy atom. The molecule has 4 aromatic rings. The van der Waals surface area contributed by atoms with Crippen LogP contribution in [0.5, 0.6) is 0 Å². The first kappa shape index (κ1) is 21.1. The topological polar surface area (TPSA) is 52.6 Å². The van der Waals surface area contributed by atoms with Crippen molar-refractivity contribution in [1.82, 2.24) is 0 Å². The molecule has 0 N–H and O–H groups in total. The summed E-state index contributed by atoms with van der Waals surface area (Å²) in [6.07, 6.45) is 0. The highest BCUT2D eigenvalue weighted by atomic mass is 16.5. The predicted molar refractivity (Wildman–Crippen MR) is 135 cm³/mol. The Morgan fingerprint density at radius 3 is 1.00 bits per heavy atom. The fourth-order valence-electron chi connectivity index (χ4n) is 7.61. The van der Waals surface area contributed by atoms with Crippen molar-refractivity contribution in [3.05, 3.63) is 142 Å². The van der Waals surface area contributed by atoms with Gasteiger partial charge in [-0.05, 0) is 44.5 Å². The van der Waals surface area contributed by atoms with Gasteiger partial charge in [-0.2, -0.15) is 0 Å². The summed E-state index contributed by atoms with van der Waals surface area (Å²) < 4.78 is 11.3. The first-order chi connectivity index (χ1) is 17.6. The second-order valence-electron chi connectivity index (χ2n) is 9.81. The van der Waals surface area contributed by atoms with Crippen LogP contribution >= 0.6 is 0 Å². The van der Waals surface area contributed by atoms with Gasteiger partial charge in [-0.3, -0.25) is 9.59 Å². The molecule has 10 rings (SSSR count). The third-order valence-electron chi connectivity index (χ3n) is 8.67. The van der Waals surface area contributed by atoms with E-state index in [4.69, 9.17) is 9.47 Å². The molecule has 4 aromatic carbocycles. The van der Waals surface area contributed by atoms with E-state index < -0.39 is 22.7 Å². The van der Waals surface area contributed by atoms with Crippen molar-refractivity contribution >= 4 is 11.9 Å². The zero-order valence-electron chi connectivity index (χ0n) is 20.0. The maximum atomic E-state index is 14.3. The summed E-state index contributed by atoms with van der Waals surface area (Å²) in [5.41, 5.74) is 5.17. The summed E-state index contributed by atoms with van der Waals surface area (Å²) in [5.74, 6) is -1.39. The molecule has 0 spiro atoms. The predicted octanol–water partition coefficient (Wildman–Crippen LogP) is 5.21. The lowest BCUT2D eigenvalue weighted by Crippen LogP contribution is -2.59. The quantitative estimate of drug-likeness (QED) is 0.376. The van der Waals surface area contributed by atoms with E-state index in [1.807, 2.05) is 72.8 Å². The highest BCUT2D eigenvalue weighted by Crippen LogP contribution is 2.68. The lowest BCUT2D eigenvalue weighted by atomic mass is 9.42. The van der Waals surface area contributed by atoms with Crippen LogP contribution in [0.1, 0.15) is 56.3 Å². The van der Waals surface area contributed by atoms with Crippen LogP contribution in [0.4, 0.5) is 0 Å². The second-order valence-corrected chi connectivity index (χ2v) is 9.81. The van der Waals surface area contributed by atoms with E-state index in [1.165, 1.54) is 14.2 Å². The van der Waals surface area contributed by atoms with Crippen molar-refractivity contribution in [2.75, 3.05) is 14.2 Å². The second kappa shape index (κ2) is 7.17. The van der Waals surface area contributed by atoms with Crippen molar-refractivity contribution in [2.45, 2.75) is 22.7 Å². The van der Waals surface area contributed by atoms with E-state index in [9.17, 15) is 9.59 Å². The third kappa shape index (κ3) is 2.13. The van der Waals surface area contributed by atoms with E-state index in [1.54, 1.807) is 0 Å². The molecule has 0 saturated heterocycles. The molecule has 0 unspecified atom stereocenters. The number of benzene rings is 4. The van der Waals surface area contributed by atoms with Crippen molar-refractivity contribution in [3.63, 3.8) is 0 Å². The number of carbonyl (C=O) groups is 2. The van der Waals surface area contributed by atoms with Gasteiger partial charge in [-0.1, -0.05) is 97.1 Å². The number of ether oxygens (including phenoxy) is 2. The average molecular weight is 473 g/mol. The summed E-state index contributed by atoms with van der Waals surface area (Å²) in [5, 5.41) is 0. The van der Waals surface area contributed by atoms with Crippen LogP contribution in [0.15, 0.2) is 97.1 Å². The van der Waals surface area contributed by atoms with Gasteiger partial charge in [0.1, 0.15) is 10.8 Å². The Hall–Kier alpha value is -4.18. The van der Waals surface area contributed by atoms with E-state index in [0.717, 1.165) is 44.5 Å². The minimum absolute atomic E-state index is 0.303. The van der Waals surface area contributed by atoms with Crippen molar-refractivity contribution in [2.24, 2.45) is 0 Å². The first-order valence-corrected chi connectivity index (χ1v) is 12.2. The standard InChI is InChI=1S/C32H24O4/c1-35-29(33)31-23-15-7-3-11-19(23)28(20-12-4-8-16-24(20)31)32(30(34)36-2)25-17-9-5-13-21(25)27(31)22-14-6-10-18-26(22)32/h3-18,27-28H,1-2H3. The van der Waals surface area contributed by atoms with Gasteiger partial charge in [-0.25, -0.2) is 0 Å². The zero-order chi connectivity index (χ0) is 24.7. The molecule has 4 bridgehead atoms. The van der Waals surface area contributed by atoms with Crippen LogP contribution in [-0.4, -0.2) is 26.2 Å². The largest absolute Gasteiger partial charge is 0.468 e. The lowest BCUT2D eigenvalue weighted by Gasteiger charge is -2.58. The molecular formula is C32H24O4. The number of rotatable bonds is 2. The van der Waals surface area contributed by atoms with Crippen LogP contribution in [0, 0.1) is 0 Å². The zero-order valence-corrected chi connectivity index (χ0v) is 20.0.